The lowest BCUT2D eigenvalue weighted by molar-refractivity contribution is 0.0976. The lowest BCUT2D eigenvalue weighted by Gasteiger charge is -2.10. The van der Waals surface area contributed by atoms with Crippen LogP contribution in [0.3, 0.4) is 0 Å². The lowest BCUT2D eigenvalue weighted by Crippen LogP contribution is -2.11. The standard InChI is InChI=1S/C12H16N2O/c1-14(2)12-6-5-10(8-13-12)11(15)7-9-3-4-9/h5-6,8-9H,3-4,7H2,1-2H3. The molecule has 15 heavy (non-hydrogen) atoms. The summed E-state index contributed by atoms with van der Waals surface area (Å²) in [4.78, 5) is 17.9. The van der Waals surface area contributed by atoms with Gasteiger partial charge in [0, 0.05) is 32.3 Å². The van der Waals surface area contributed by atoms with Crippen LogP contribution in [0.4, 0.5) is 5.82 Å². The summed E-state index contributed by atoms with van der Waals surface area (Å²) in [5, 5.41) is 0. The van der Waals surface area contributed by atoms with E-state index in [2.05, 4.69) is 4.98 Å². The molecular formula is C12H16N2O. The highest BCUT2D eigenvalue weighted by Gasteiger charge is 2.24. The summed E-state index contributed by atoms with van der Waals surface area (Å²) < 4.78 is 0. The third kappa shape index (κ3) is 2.55. The zero-order valence-electron chi connectivity index (χ0n) is 9.23. The first-order valence-corrected chi connectivity index (χ1v) is 5.33. The van der Waals surface area contributed by atoms with Crippen molar-refractivity contribution < 1.29 is 4.79 Å². The average Bonchev–Trinajstić information content (AvgIpc) is 3.02. The first-order chi connectivity index (χ1) is 7.16. The summed E-state index contributed by atoms with van der Waals surface area (Å²) >= 11 is 0. The molecule has 0 spiro atoms. The van der Waals surface area contributed by atoms with E-state index < -0.39 is 0 Å². The van der Waals surface area contributed by atoms with Gasteiger partial charge in [-0.25, -0.2) is 4.98 Å². The molecule has 1 aromatic heterocycles. The van der Waals surface area contributed by atoms with E-state index in [9.17, 15) is 4.79 Å². The van der Waals surface area contributed by atoms with Crippen molar-refractivity contribution in [3.05, 3.63) is 23.9 Å². The molecule has 0 aliphatic heterocycles. The van der Waals surface area contributed by atoms with Gasteiger partial charge < -0.3 is 4.90 Å². The highest BCUT2D eigenvalue weighted by molar-refractivity contribution is 5.96. The second-order valence-electron chi connectivity index (χ2n) is 4.37. The SMILES string of the molecule is CN(C)c1ccc(C(=O)CC2CC2)cn1. The van der Waals surface area contributed by atoms with Gasteiger partial charge in [-0.1, -0.05) is 0 Å². The number of carbonyl (C=O) groups excluding carboxylic acids is 1. The summed E-state index contributed by atoms with van der Waals surface area (Å²) in [5.74, 6) is 1.76. The molecule has 0 aromatic carbocycles. The number of hydrogen-bond acceptors (Lipinski definition) is 3. The number of hydrogen-bond donors (Lipinski definition) is 0. The van der Waals surface area contributed by atoms with E-state index in [4.69, 9.17) is 0 Å². The van der Waals surface area contributed by atoms with E-state index >= 15 is 0 Å². The van der Waals surface area contributed by atoms with Crippen molar-refractivity contribution in [2.24, 2.45) is 5.92 Å². The second kappa shape index (κ2) is 4.01. The zero-order chi connectivity index (χ0) is 10.8. The smallest absolute Gasteiger partial charge is 0.164 e. The molecule has 3 nitrogen and oxygen atoms in total. The number of carbonyl (C=O) groups is 1. The van der Waals surface area contributed by atoms with E-state index in [1.165, 1.54) is 12.8 Å². The van der Waals surface area contributed by atoms with Crippen molar-refractivity contribution in [2.45, 2.75) is 19.3 Å². The Morgan fingerprint density at radius 1 is 1.47 bits per heavy atom. The molecule has 0 amide bonds. The highest BCUT2D eigenvalue weighted by Crippen LogP contribution is 2.33. The fourth-order valence-electron chi connectivity index (χ4n) is 1.52. The van der Waals surface area contributed by atoms with Crippen LogP contribution in [0.15, 0.2) is 18.3 Å². The molecule has 1 heterocycles. The summed E-state index contributed by atoms with van der Waals surface area (Å²) in [6.45, 7) is 0. The first-order valence-electron chi connectivity index (χ1n) is 5.33. The maximum Gasteiger partial charge on any atom is 0.164 e. The molecule has 0 unspecified atom stereocenters. The molecular weight excluding hydrogens is 188 g/mol. The van der Waals surface area contributed by atoms with Crippen molar-refractivity contribution >= 4 is 11.6 Å². The molecule has 1 fully saturated rings. The lowest BCUT2D eigenvalue weighted by atomic mass is 10.1. The number of pyridine rings is 1. The van der Waals surface area contributed by atoms with Gasteiger partial charge in [0.25, 0.3) is 0 Å². The molecule has 1 saturated carbocycles. The maximum absolute atomic E-state index is 11.7. The average molecular weight is 204 g/mol. The fourth-order valence-corrected chi connectivity index (χ4v) is 1.52. The van der Waals surface area contributed by atoms with Gasteiger partial charge in [-0.3, -0.25) is 4.79 Å². The topological polar surface area (TPSA) is 33.2 Å². The normalized spacial score (nSPS) is 15.1. The molecule has 80 valence electrons. The summed E-state index contributed by atoms with van der Waals surface area (Å²) in [7, 11) is 3.88. The van der Waals surface area contributed by atoms with Crippen LogP contribution < -0.4 is 4.90 Å². The molecule has 0 saturated heterocycles. The van der Waals surface area contributed by atoms with Crippen molar-refractivity contribution in [1.82, 2.24) is 4.98 Å². The Labute approximate surface area is 90.1 Å². The Hall–Kier alpha value is -1.38. The molecule has 0 radical (unpaired) electrons. The summed E-state index contributed by atoms with van der Waals surface area (Å²) in [6.07, 6.45) is 4.81. The minimum absolute atomic E-state index is 0.232. The van der Waals surface area contributed by atoms with Crippen LogP contribution in [0.5, 0.6) is 0 Å². The predicted molar refractivity (Wildman–Crippen MR) is 60.2 cm³/mol. The van der Waals surface area contributed by atoms with Gasteiger partial charge in [-0.2, -0.15) is 0 Å². The van der Waals surface area contributed by atoms with Gasteiger partial charge in [-0.15, -0.1) is 0 Å². The Morgan fingerprint density at radius 3 is 2.67 bits per heavy atom. The van der Waals surface area contributed by atoms with Crippen molar-refractivity contribution in [2.75, 3.05) is 19.0 Å². The first kappa shape index (κ1) is 10.1. The van der Waals surface area contributed by atoms with E-state index in [1.807, 2.05) is 31.1 Å². The maximum atomic E-state index is 11.7. The monoisotopic (exact) mass is 204 g/mol. The number of ketones is 1. The summed E-state index contributed by atoms with van der Waals surface area (Å²) in [5.41, 5.74) is 0.743. The molecule has 1 aromatic rings. The van der Waals surface area contributed by atoms with Crippen LogP contribution in [0.1, 0.15) is 29.6 Å². The zero-order valence-corrected chi connectivity index (χ0v) is 9.23. The number of anilines is 1. The fraction of sp³-hybridized carbons (Fsp3) is 0.500. The Balaban J connectivity index is 2.04. The van der Waals surface area contributed by atoms with Gasteiger partial charge in [0.2, 0.25) is 0 Å². The van der Waals surface area contributed by atoms with E-state index in [1.54, 1.807) is 6.20 Å². The van der Waals surface area contributed by atoms with Gasteiger partial charge in [-0.05, 0) is 30.9 Å². The largest absolute Gasteiger partial charge is 0.363 e. The molecule has 2 rings (SSSR count). The molecule has 1 aliphatic carbocycles. The van der Waals surface area contributed by atoms with Crippen molar-refractivity contribution in [3.8, 4) is 0 Å². The van der Waals surface area contributed by atoms with E-state index in [0.29, 0.717) is 12.3 Å². The Bertz CT molecular complexity index is 352. The minimum Gasteiger partial charge on any atom is -0.363 e. The number of Topliss-reactive ketones (excluding diaryl/α,β-unsaturated/α-hetero) is 1. The number of aromatic nitrogens is 1. The van der Waals surface area contributed by atoms with Crippen molar-refractivity contribution in [1.29, 1.82) is 0 Å². The molecule has 1 aliphatic rings. The van der Waals surface area contributed by atoms with Crippen LogP contribution >= 0.6 is 0 Å². The Kier molecular flexibility index (Phi) is 2.71. The summed E-state index contributed by atoms with van der Waals surface area (Å²) in [6, 6.07) is 3.76. The quantitative estimate of drug-likeness (QED) is 0.704. The van der Waals surface area contributed by atoms with Crippen LogP contribution in [-0.2, 0) is 0 Å². The predicted octanol–water partition coefficient (Wildman–Crippen LogP) is 2.13. The molecule has 0 bridgehead atoms. The number of nitrogens with zero attached hydrogens (tertiary/aromatic N) is 2. The van der Waals surface area contributed by atoms with Crippen LogP contribution in [0, 0.1) is 5.92 Å². The molecule has 0 N–H and O–H groups in total. The van der Waals surface area contributed by atoms with Crippen LogP contribution in [0.25, 0.3) is 0 Å². The van der Waals surface area contributed by atoms with E-state index in [-0.39, 0.29) is 5.78 Å². The third-order valence-corrected chi connectivity index (χ3v) is 2.70. The number of rotatable bonds is 4. The second-order valence-corrected chi connectivity index (χ2v) is 4.37. The Morgan fingerprint density at radius 2 is 2.20 bits per heavy atom. The highest BCUT2D eigenvalue weighted by atomic mass is 16.1. The van der Waals surface area contributed by atoms with Gasteiger partial charge in [0.1, 0.15) is 5.82 Å². The van der Waals surface area contributed by atoms with Crippen LogP contribution in [-0.4, -0.2) is 24.9 Å². The minimum atomic E-state index is 0.232. The van der Waals surface area contributed by atoms with E-state index in [0.717, 1.165) is 11.4 Å². The van der Waals surface area contributed by atoms with Crippen LogP contribution in [0.2, 0.25) is 0 Å². The van der Waals surface area contributed by atoms with Gasteiger partial charge in [0.05, 0.1) is 0 Å². The van der Waals surface area contributed by atoms with Gasteiger partial charge in [0.15, 0.2) is 5.78 Å². The third-order valence-electron chi connectivity index (χ3n) is 2.70. The molecule has 3 heteroatoms. The molecule has 0 atom stereocenters. The van der Waals surface area contributed by atoms with Crippen molar-refractivity contribution in [3.63, 3.8) is 0 Å². The van der Waals surface area contributed by atoms with Gasteiger partial charge >= 0.3 is 0 Å².